The number of nitrogens with zero attached hydrogens (tertiary/aromatic N) is 1. The van der Waals surface area contributed by atoms with E-state index in [1.165, 1.54) is 23.3 Å². The number of hydrogen-bond donors (Lipinski definition) is 3. The minimum atomic E-state index is -1.23. The van der Waals surface area contributed by atoms with E-state index in [0.29, 0.717) is 70.6 Å². The highest BCUT2D eigenvalue weighted by atomic mass is 16.6. The van der Waals surface area contributed by atoms with Crippen LogP contribution in [0.3, 0.4) is 0 Å². The van der Waals surface area contributed by atoms with Gasteiger partial charge < -0.3 is 44.2 Å². The molecule has 332 valence electrons. The van der Waals surface area contributed by atoms with Crippen molar-refractivity contribution in [1.82, 2.24) is 15.5 Å². The molecule has 0 aromatic heterocycles. The van der Waals surface area contributed by atoms with Crippen LogP contribution in [-0.2, 0) is 58.9 Å². The Morgan fingerprint density at radius 2 is 1.53 bits per heavy atom. The van der Waals surface area contributed by atoms with Crippen LogP contribution < -0.4 is 10.6 Å². The van der Waals surface area contributed by atoms with Crippen LogP contribution in [0.1, 0.15) is 76.8 Å². The first kappa shape index (κ1) is 51.0. The Kier molecular flexibility index (Phi) is 25.9. The molecule has 59 heavy (non-hydrogen) atoms. The minimum Gasteiger partial charge on any atom is -0.479 e. The number of carboxylic acids is 1. The van der Waals surface area contributed by atoms with Crippen LogP contribution in [0.2, 0.25) is 0 Å². The molecule has 0 bridgehead atoms. The van der Waals surface area contributed by atoms with Crippen LogP contribution >= 0.6 is 0 Å². The molecular weight excluding hydrogens is 762 g/mol. The molecule has 0 saturated heterocycles. The van der Waals surface area contributed by atoms with E-state index < -0.39 is 29.9 Å². The number of carbonyl (C=O) groups is 5. The third kappa shape index (κ3) is 23.9. The van der Waals surface area contributed by atoms with E-state index in [4.69, 9.17) is 28.4 Å². The average Bonchev–Trinajstić information content (AvgIpc) is 4.01. The molecule has 0 spiro atoms. The van der Waals surface area contributed by atoms with Crippen LogP contribution in [-0.4, -0.2) is 132 Å². The molecule has 15 nitrogen and oxygen atoms in total. The zero-order valence-corrected chi connectivity index (χ0v) is 35.8. The van der Waals surface area contributed by atoms with Crippen molar-refractivity contribution >= 4 is 29.7 Å². The van der Waals surface area contributed by atoms with Gasteiger partial charge in [0.15, 0.2) is 6.10 Å². The predicted molar refractivity (Wildman–Crippen MR) is 222 cm³/mol. The highest BCUT2D eigenvalue weighted by Gasteiger charge is 2.41. The number of rotatable bonds is 34. The van der Waals surface area contributed by atoms with E-state index in [1.807, 2.05) is 19.9 Å². The van der Waals surface area contributed by atoms with Crippen molar-refractivity contribution in [3.05, 3.63) is 60.2 Å². The zero-order valence-electron chi connectivity index (χ0n) is 35.8. The molecule has 2 amide bonds. The van der Waals surface area contributed by atoms with E-state index in [2.05, 4.69) is 60.3 Å². The number of nitrogens with one attached hydrogen (secondary N) is 2. The molecule has 1 aromatic carbocycles. The molecule has 0 aliphatic heterocycles. The third-order valence-corrected chi connectivity index (χ3v) is 9.69. The van der Waals surface area contributed by atoms with Gasteiger partial charge in [-0.05, 0) is 73.6 Å². The van der Waals surface area contributed by atoms with Crippen molar-refractivity contribution in [3.63, 3.8) is 0 Å². The molecule has 1 aromatic rings. The van der Waals surface area contributed by atoms with Crippen molar-refractivity contribution in [2.45, 2.75) is 78.4 Å². The van der Waals surface area contributed by atoms with Gasteiger partial charge in [0.1, 0.15) is 6.61 Å². The van der Waals surface area contributed by atoms with Gasteiger partial charge in [-0.2, -0.15) is 0 Å². The van der Waals surface area contributed by atoms with Crippen LogP contribution in [0.4, 0.5) is 0 Å². The molecule has 0 radical (unpaired) electrons. The number of allylic oxidation sites excluding steroid dienone is 1. The summed E-state index contributed by atoms with van der Waals surface area (Å²) < 4.78 is 32.0. The number of amides is 2. The summed E-state index contributed by atoms with van der Waals surface area (Å²) in [4.78, 5) is 61.6. The summed E-state index contributed by atoms with van der Waals surface area (Å²) in [5.74, 6) is -2.07. The van der Waals surface area contributed by atoms with E-state index in [9.17, 15) is 29.1 Å². The summed E-state index contributed by atoms with van der Waals surface area (Å²) in [6.45, 7) is 16.2. The van der Waals surface area contributed by atoms with Gasteiger partial charge in [-0.3, -0.25) is 24.1 Å². The topological polar surface area (TPSA) is 188 Å². The molecule has 1 saturated carbocycles. The lowest BCUT2D eigenvalue weighted by atomic mass is 9.96. The average molecular weight is 832 g/mol. The van der Waals surface area contributed by atoms with Crippen molar-refractivity contribution < 1.29 is 57.5 Å². The molecule has 2 rings (SSSR count). The quantitative estimate of drug-likeness (QED) is 0.0387. The molecule has 1 aliphatic carbocycles. The van der Waals surface area contributed by atoms with Crippen molar-refractivity contribution in [1.29, 1.82) is 0 Å². The number of carbonyl (C=O) groups excluding carboxylic acids is 4. The van der Waals surface area contributed by atoms with Crippen LogP contribution in [0.15, 0.2) is 49.1 Å². The normalized spacial score (nSPS) is 16.4. The fourth-order valence-electron chi connectivity index (χ4n) is 6.14. The van der Waals surface area contributed by atoms with Gasteiger partial charge in [0.2, 0.25) is 11.8 Å². The van der Waals surface area contributed by atoms with Gasteiger partial charge in [0.05, 0.1) is 71.7 Å². The number of aliphatic carboxylic acids is 1. The van der Waals surface area contributed by atoms with E-state index >= 15 is 0 Å². The second-order valence-corrected chi connectivity index (χ2v) is 15.4. The number of benzene rings is 1. The summed E-state index contributed by atoms with van der Waals surface area (Å²) in [5, 5.41) is 14.4. The molecule has 1 fully saturated rings. The Labute approximate surface area is 350 Å². The number of hydrogen-bond acceptors (Lipinski definition) is 12. The fourth-order valence-corrected chi connectivity index (χ4v) is 6.14. The smallest absolute Gasteiger partial charge is 0.345 e. The number of likely N-dealkylation sites (N-methyl/N-ethyl adjacent to an activating group) is 1. The zero-order chi connectivity index (χ0) is 43.4. The second kappa shape index (κ2) is 30.0. The van der Waals surface area contributed by atoms with Gasteiger partial charge in [0, 0.05) is 19.6 Å². The van der Waals surface area contributed by atoms with Gasteiger partial charge in [-0.25, -0.2) is 4.79 Å². The minimum absolute atomic E-state index is 0.0346. The van der Waals surface area contributed by atoms with E-state index in [0.717, 1.165) is 32.4 Å². The molecule has 0 heterocycles. The highest BCUT2D eigenvalue weighted by Crippen LogP contribution is 2.52. The molecular formula is C44H69N3O12. The Hall–Kier alpha value is -4.15. The van der Waals surface area contributed by atoms with Crippen molar-refractivity contribution in [2.24, 2.45) is 23.7 Å². The standard InChI is InChI=1S/C44H69N3O12/c1-7-18-58-42(50)16-19-54-21-23-56-25-26-57-24-22-55-20-17-47(6)31-35-12-14-36(15-13-35)38-28-37(38)33(4)10-8-9-11-40(48)46-30-41(49)45-29-34(5)44(53)59-39(43(51)52)27-32(2)3/h7,9,11-15,32-34,37-39H,1,8,10,16-31H2,2-6H3,(H,45,49)(H,46,48)(H,51,52). The highest BCUT2D eigenvalue weighted by molar-refractivity contribution is 5.91. The first-order valence-corrected chi connectivity index (χ1v) is 20.8. The molecule has 5 unspecified atom stereocenters. The molecule has 3 N–H and O–H groups in total. The maximum atomic E-state index is 12.3. The summed E-state index contributed by atoms with van der Waals surface area (Å²) in [7, 11) is 2.08. The molecule has 1 aliphatic rings. The van der Waals surface area contributed by atoms with E-state index in [1.54, 1.807) is 6.92 Å². The lowest BCUT2D eigenvalue weighted by Gasteiger charge is -2.18. The maximum absolute atomic E-state index is 12.3. The first-order valence-electron chi connectivity index (χ1n) is 20.8. The fraction of sp³-hybridized carbons (Fsp3) is 0.659. The van der Waals surface area contributed by atoms with Gasteiger partial charge in [-0.1, -0.05) is 70.7 Å². The molecule has 5 atom stereocenters. The number of ether oxygens (including phenoxy) is 6. The Morgan fingerprint density at radius 1 is 0.898 bits per heavy atom. The summed E-state index contributed by atoms with van der Waals surface area (Å²) in [6, 6.07) is 8.89. The lowest BCUT2D eigenvalue weighted by Crippen LogP contribution is -2.40. The van der Waals surface area contributed by atoms with Crippen molar-refractivity contribution in [2.75, 3.05) is 86.1 Å². The Balaban J connectivity index is 1.49. The molecule has 15 heteroatoms. The number of esters is 2. The van der Waals surface area contributed by atoms with Crippen LogP contribution in [0.5, 0.6) is 0 Å². The van der Waals surface area contributed by atoms with Gasteiger partial charge in [-0.15, -0.1) is 0 Å². The van der Waals surface area contributed by atoms with Gasteiger partial charge in [0.25, 0.3) is 0 Å². The van der Waals surface area contributed by atoms with Crippen LogP contribution in [0.25, 0.3) is 0 Å². The summed E-state index contributed by atoms with van der Waals surface area (Å²) >= 11 is 0. The summed E-state index contributed by atoms with van der Waals surface area (Å²) in [5.41, 5.74) is 2.62. The lowest BCUT2D eigenvalue weighted by molar-refractivity contribution is -0.167. The summed E-state index contributed by atoms with van der Waals surface area (Å²) in [6.07, 6.45) is 6.85. The largest absolute Gasteiger partial charge is 0.479 e. The van der Waals surface area contributed by atoms with Crippen LogP contribution in [0, 0.1) is 23.7 Å². The van der Waals surface area contributed by atoms with E-state index in [-0.39, 0.29) is 50.3 Å². The van der Waals surface area contributed by atoms with Gasteiger partial charge >= 0.3 is 17.9 Å². The maximum Gasteiger partial charge on any atom is 0.345 e. The Bertz CT molecular complexity index is 1440. The first-order chi connectivity index (χ1) is 28.3. The predicted octanol–water partition coefficient (Wildman–Crippen LogP) is 4.29. The van der Waals surface area contributed by atoms with Crippen molar-refractivity contribution in [3.8, 4) is 0 Å². The SMILES string of the molecule is C=CCOC(=O)CCOCCOCCOCCOCCN(C)Cc1ccc(C2CC2C(C)CCC=CC(=O)NCC(=O)NCC(C)C(=O)OC(CC(C)C)C(=O)O)cc1. The number of carboxylic acid groups (broad SMARTS) is 1. The second-order valence-electron chi connectivity index (χ2n) is 15.4. The third-order valence-electron chi connectivity index (χ3n) is 9.69. The Morgan fingerprint density at radius 3 is 2.14 bits per heavy atom. The monoisotopic (exact) mass is 831 g/mol.